The van der Waals surface area contributed by atoms with E-state index in [4.69, 9.17) is 16.3 Å². The molecule has 4 fully saturated rings. The Morgan fingerprint density at radius 3 is 2.26 bits per heavy atom. The molecule has 4 aliphatic carbocycles. The maximum atomic E-state index is 12.5. The number of hydrogen-bond donors (Lipinski definition) is 1. The van der Waals surface area contributed by atoms with E-state index in [-0.39, 0.29) is 27.0 Å². The van der Waals surface area contributed by atoms with Gasteiger partial charge >= 0.3 is 5.97 Å². The Balaban J connectivity index is 1.33. The van der Waals surface area contributed by atoms with Crippen molar-refractivity contribution in [3.8, 4) is 0 Å². The zero-order chi connectivity index (χ0) is 22.4. The lowest BCUT2D eigenvalue weighted by atomic mass is 9.49. The molecular weight excluding hydrogens is 440 g/mol. The van der Waals surface area contributed by atoms with Crippen LogP contribution in [0.1, 0.15) is 44.9 Å². The Morgan fingerprint density at radius 2 is 1.71 bits per heavy atom. The lowest BCUT2D eigenvalue weighted by Crippen LogP contribution is -2.47. The van der Waals surface area contributed by atoms with Crippen LogP contribution in [-0.2, 0) is 24.3 Å². The summed E-state index contributed by atoms with van der Waals surface area (Å²) in [7, 11) is -0.822. The molecule has 0 unspecified atom stereocenters. The van der Waals surface area contributed by atoms with Gasteiger partial charge in [0.2, 0.25) is 10.0 Å². The first-order chi connectivity index (χ1) is 14.6. The second-order valence-corrected chi connectivity index (χ2v) is 12.3. The third-order valence-corrected chi connectivity index (χ3v) is 9.18. The summed E-state index contributed by atoms with van der Waals surface area (Å²) in [4.78, 5) is 24.8. The molecule has 4 saturated carbocycles. The summed E-state index contributed by atoms with van der Waals surface area (Å²) in [6.45, 7) is -0.424. The van der Waals surface area contributed by atoms with Crippen molar-refractivity contribution in [2.45, 2.75) is 49.8 Å². The van der Waals surface area contributed by atoms with Gasteiger partial charge in [-0.15, -0.1) is 0 Å². The minimum atomic E-state index is -3.67. The number of anilines is 1. The van der Waals surface area contributed by atoms with Gasteiger partial charge in [-0.3, -0.25) is 9.59 Å². The number of benzene rings is 1. The molecule has 1 aromatic rings. The normalized spacial score (nSPS) is 29.2. The maximum absolute atomic E-state index is 12.5. The number of carbonyl (C=O) groups excluding carboxylic acids is 2. The van der Waals surface area contributed by atoms with Crippen LogP contribution in [0.25, 0.3) is 0 Å². The molecular formula is C22H29ClN2O5S. The van der Waals surface area contributed by atoms with E-state index in [1.54, 1.807) is 0 Å². The van der Waals surface area contributed by atoms with Gasteiger partial charge in [0.15, 0.2) is 6.61 Å². The van der Waals surface area contributed by atoms with Crippen LogP contribution in [0.4, 0.5) is 5.69 Å². The minimum Gasteiger partial charge on any atom is -0.456 e. The van der Waals surface area contributed by atoms with Crippen LogP contribution in [-0.4, -0.2) is 45.3 Å². The Bertz CT molecular complexity index is 956. The summed E-state index contributed by atoms with van der Waals surface area (Å²) in [6, 6.07) is 4.08. The fourth-order valence-electron chi connectivity index (χ4n) is 6.17. The number of halogens is 1. The van der Waals surface area contributed by atoms with Gasteiger partial charge in [0.1, 0.15) is 0 Å². The average Bonchev–Trinajstić information content (AvgIpc) is 2.66. The molecule has 5 rings (SSSR count). The van der Waals surface area contributed by atoms with Gasteiger partial charge in [0.25, 0.3) is 5.91 Å². The summed E-state index contributed by atoms with van der Waals surface area (Å²) in [5, 5.41) is 2.75. The molecule has 4 aliphatic rings. The van der Waals surface area contributed by atoms with Crippen LogP contribution in [0.3, 0.4) is 0 Å². The van der Waals surface area contributed by atoms with E-state index in [0.29, 0.717) is 6.42 Å². The summed E-state index contributed by atoms with van der Waals surface area (Å²) in [5.41, 5.74) is 0.215. The van der Waals surface area contributed by atoms with Crippen molar-refractivity contribution in [2.75, 3.05) is 26.0 Å². The number of ether oxygens (including phenoxy) is 1. The Labute approximate surface area is 188 Å². The number of nitrogens with zero attached hydrogens (tertiary/aromatic N) is 1. The third-order valence-electron chi connectivity index (χ3n) is 7.04. The molecule has 9 heteroatoms. The van der Waals surface area contributed by atoms with Gasteiger partial charge in [-0.1, -0.05) is 11.6 Å². The monoisotopic (exact) mass is 468 g/mol. The highest BCUT2D eigenvalue weighted by Gasteiger charge is 2.51. The first-order valence-corrected chi connectivity index (χ1v) is 12.6. The highest BCUT2D eigenvalue weighted by atomic mass is 35.5. The predicted molar refractivity (Wildman–Crippen MR) is 117 cm³/mol. The second kappa shape index (κ2) is 8.37. The van der Waals surface area contributed by atoms with Crippen LogP contribution >= 0.6 is 11.6 Å². The summed E-state index contributed by atoms with van der Waals surface area (Å²) in [6.07, 6.45) is 7.59. The van der Waals surface area contributed by atoms with E-state index in [0.717, 1.165) is 41.3 Å². The lowest BCUT2D eigenvalue weighted by molar-refractivity contribution is -0.154. The fraction of sp³-hybridized carbons (Fsp3) is 0.636. The number of nitrogens with one attached hydrogen (secondary N) is 1. The van der Waals surface area contributed by atoms with Gasteiger partial charge < -0.3 is 10.1 Å². The van der Waals surface area contributed by atoms with Crippen molar-refractivity contribution in [2.24, 2.45) is 23.2 Å². The standard InChI is InChI=1S/C22H29ClN2O5S/c1-25(2)31(28,29)17-3-4-18(23)19(8-17)24-20(26)13-30-21(27)12-22-9-14-5-15(10-22)7-16(6-14)11-22/h3-4,8,14-16H,5-7,9-13H2,1-2H3,(H,24,26). The van der Waals surface area contributed by atoms with Crippen molar-refractivity contribution in [3.05, 3.63) is 23.2 Å². The van der Waals surface area contributed by atoms with Gasteiger partial charge in [-0.05, 0) is 79.9 Å². The third kappa shape index (κ3) is 4.76. The molecule has 1 aromatic carbocycles. The van der Waals surface area contributed by atoms with E-state index in [9.17, 15) is 18.0 Å². The number of rotatable bonds is 7. The molecule has 0 saturated heterocycles. The molecule has 4 bridgehead atoms. The molecule has 1 N–H and O–H groups in total. The first-order valence-electron chi connectivity index (χ1n) is 10.7. The quantitative estimate of drug-likeness (QED) is 0.616. The number of hydrogen-bond acceptors (Lipinski definition) is 5. The maximum Gasteiger partial charge on any atom is 0.306 e. The van der Waals surface area contributed by atoms with Gasteiger partial charge in [0, 0.05) is 14.1 Å². The van der Waals surface area contributed by atoms with Crippen LogP contribution in [0.2, 0.25) is 5.02 Å². The Morgan fingerprint density at radius 1 is 1.13 bits per heavy atom. The Hall–Kier alpha value is -1.64. The summed E-state index contributed by atoms with van der Waals surface area (Å²) in [5.74, 6) is 1.34. The van der Waals surface area contributed by atoms with Crippen molar-refractivity contribution in [1.29, 1.82) is 0 Å². The van der Waals surface area contributed by atoms with Crippen molar-refractivity contribution < 1.29 is 22.7 Å². The summed E-state index contributed by atoms with van der Waals surface area (Å²) >= 11 is 6.11. The SMILES string of the molecule is CN(C)S(=O)(=O)c1ccc(Cl)c(NC(=O)COC(=O)CC23CC4CC(CC(C4)C2)C3)c1. The van der Waals surface area contributed by atoms with Crippen LogP contribution < -0.4 is 5.32 Å². The molecule has 0 radical (unpaired) electrons. The van der Waals surface area contributed by atoms with Gasteiger partial charge in [0.05, 0.1) is 22.0 Å². The van der Waals surface area contributed by atoms with Crippen molar-refractivity contribution in [3.63, 3.8) is 0 Å². The largest absolute Gasteiger partial charge is 0.456 e. The van der Waals surface area contributed by atoms with E-state index < -0.39 is 22.5 Å². The van der Waals surface area contributed by atoms with Crippen molar-refractivity contribution in [1.82, 2.24) is 4.31 Å². The lowest BCUT2D eigenvalue weighted by Gasteiger charge is -2.56. The smallest absolute Gasteiger partial charge is 0.306 e. The molecule has 170 valence electrons. The van der Waals surface area contributed by atoms with E-state index in [1.165, 1.54) is 51.6 Å². The highest BCUT2D eigenvalue weighted by Crippen LogP contribution is 2.61. The molecule has 0 aliphatic heterocycles. The fourth-order valence-corrected chi connectivity index (χ4v) is 7.26. The molecule has 0 aromatic heterocycles. The zero-order valence-corrected chi connectivity index (χ0v) is 19.5. The highest BCUT2D eigenvalue weighted by molar-refractivity contribution is 7.89. The molecule has 7 nitrogen and oxygen atoms in total. The number of esters is 1. The van der Waals surface area contributed by atoms with Crippen LogP contribution in [0.5, 0.6) is 0 Å². The van der Waals surface area contributed by atoms with Gasteiger partial charge in [-0.25, -0.2) is 12.7 Å². The molecule has 31 heavy (non-hydrogen) atoms. The predicted octanol–water partition coefficient (Wildman–Crippen LogP) is 3.68. The number of carbonyl (C=O) groups is 2. The molecule has 1 amide bonds. The van der Waals surface area contributed by atoms with Crippen molar-refractivity contribution >= 4 is 39.2 Å². The molecule has 0 spiro atoms. The van der Waals surface area contributed by atoms with Crippen LogP contribution in [0.15, 0.2) is 23.1 Å². The molecule has 0 atom stereocenters. The minimum absolute atomic E-state index is 0.0102. The zero-order valence-electron chi connectivity index (χ0n) is 17.9. The molecule has 0 heterocycles. The number of amides is 1. The van der Waals surface area contributed by atoms with Gasteiger partial charge in [-0.2, -0.15) is 0 Å². The summed E-state index contributed by atoms with van der Waals surface area (Å²) < 4.78 is 30.9. The van der Waals surface area contributed by atoms with E-state index in [1.807, 2.05) is 0 Å². The van der Waals surface area contributed by atoms with E-state index >= 15 is 0 Å². The second-order valence-electron chi connectivity index (χ2n) is 9.73. The Kier molecular flexibility index (Phi) is 6.09. The van der Waals surface area contributed by atoms with E-state index in [2.05, 4.69) is 5.32 Å². The van der Waals surface area contributed by atoms with Crippen LogP contribution in [0, 0.1) is 23.2 Å². The average molecular weight is 469 g/mol. The first kappa shape index (κ1) is 22.6. The number of sulfonamides is 1. The topological polar surface area (TPSA) is 92.8 Å².